The van der Waals surface area contributed by atoms with Crippen LogP contribution < -0.4 is 11.3 Å². The van der Waals surface area contributed by atoms with Crippen LogP contribution in [-0.2, 0) is 13.0 Å². The molecule has 1 unspecified atom stereocenters. The molecule has 2 aromatic rings. The molecule has 0 bridgehead atoms. The van der Waals surface area contributed by atoms with Gasteiger partial charge in [0.2, 0.25) is 0 Å². The van der Waals surface area contributed by atoms with Gasteiger partial charge in [0, 0.05) is 30.2 Å². The van der Waals surface area contributed by atoms with E-state index in [0.29, 0.717) is 0 Å². The first-order valence-corrected chi connectivity index (χ1v) is 7.00. The quantitative estimate of drug-likeness (QED) is 0.617. The molecule has 98 valence electrons. The Morgan fingerprint density at radius 2 is 2.33 bits per heavy atom. The van der Waals surface area contributed by atoms with Crippen LogP contribution >= 0.6 is 11.3 Å². The standard InChI is InChI=1S/C12H19N5S/c1-3-5-17-6-4-14-11(17)7-10(16-13)12-9(2)15-8-18-12/h4,6,8,10,16H,3,5,7,13H2,1-2H3. The van der Waals surface area contributed by atoms with Gasteiger partial charge in [-0.1, -0.05) is 6.92 Å². The van der Waals surface area contributed by atoms with Crippen LogP contribution in [0.1, 0.15) is 35.8 Å². The predicted molar refractivity (Wildman–Crippen MR) is 73.1 cm³/mol. The summed E-state index contributed by atoms with van der Waals surface area (Å²) in [6, 6.07) is 0.0792. The molecule has 3 N–H and O–H groups in total. The molecular formula is C12H19N5S. The number of thiazole rings is 1. The van der Waals surface area contributed by atoms with E-state index in [1.165, 1.54) is 4.88 Å². The number of hydrogen-bond acceptors (Lipinski definition) is 5. The van der Waals surface area contributed by atoms with E-state index in [0.717, 1.165) is 30.9 Å². The van der Waals surface area contributed by atoms with Gasteiger partial charge in [-0.25, -0.2) is 9.97 Å². The Morgan fingerprint density at radius 3 is 2.94 bits per heavy atom. The second kappa shape index (κ2) is 6.08. The molecule has 0 aliphatic heterocycles. The van der Waals surface area contributed by atoms with Crippen molar-refractivity contribution in [1.29, 1.82) is 0 Å². The second-order valence-electron chi connectivity index (χ2n) is 4.26. The zero-order chi connectivity index (χ0) is 13.0. The summed E-state index contributed by atoms with van der Waals surface area (Å²) < 4.78 is 2.18. The highest BCUT2D eigenvalue weighted by atomic mass is 32.1. The number of imidazole rings is 1. The minimum absolute atomic E-state index is 0.0792. The van der Waals surface area contributed by atoms with Crippen molar-refractivity contribution < 1.29 is 0 Å². The summed E-state index contributed by atoms with van der Waals surface area (Å²) >= 11 is 1.63. The summed E-state index contributed by atoms with van der Waals surface area (Å²) in [6.45, 7) is 5.17. The van der Waals surface area contributed by atoms with Crippen molar-refractivity contribution in [3.8, 4) is 0 Å². The Morgan fingerprint density at radius 1 is 1.50 bits per heavy atom. The molecule has 0 aliphatic carbocycles. The maximum Gasteiger partial charge on any atom is 0.110 e. The molecule has 1 atom stereocenters. The number of hydrogen-bond donors (Lipinski definition) is 2. The highest BCUT2D eigenvalue weighted by Gasteiger charge is 2.17. The van der Waals surface area contributed by atoms with Crippen molar-refractivity contribution in [3.63, 3.8) is 0 Å². The number of hydrazine groups is 1. The Kier molecular flexibility index (Phi) is 4.46. The molecule has 0 spiro atoms. The molecule has 18 heavy (non-hydrogen) atoms. The molecule has 2 aromatic heterocycles. The molecule has 0 saturated carbocycles. The first-order chi connectivity index (χ1) is 8.76. The normalized spacial score (nSPS) is 12.8. The smallest absolute Gasteiger partial charge is 0.110 e. The van der Waals surface area contributed by atoms with Crippen molar-refractivity contribution >= 4 is 11.3 Å². The molecule has 5 nitrogen and oxygen atoms in total. The van der Waals surface area contributed by atoms with E-state index in [4.69, 9.17) is 5.84 Å². The van der Waals surface area contributed by atoms with Crippen molar-refractivity contribution in [2.24, 2.45) is 5.84 Å². The van der Waals surface area contributed by atoms with Crippen molar-refractivity contribution in [2.75, 3.05) is 0 Å². The minimum Gasteiger partial charge on any atom is -0.335 e. The van der Waals surface area contributed by atoms with Crippen LogP contribution in [0, 0.1) is 6.92 Å². The lowest BCUT2D eigenvalue weighted by atomic mass is 10.1. The maximum atomic E-state index is 5.67. The van der Waals surface area contributed by atoms with Crippen molar-refractivity contribution in [1.82, 2.24) is 20.0 Å². The number of rotatable bonds is 6. The van der Waals surface area contributed by atoms with Gasteiger partial charge < -0.3 is 4.57 Å². The number of nitrogens with one attached hydrogen (secondary N) is 1. The average Bonchev–Trinajstić information content (AvgIpc) is 2.96. The van der Waals surface area contributed by atoms with Gasteiger partial charge in [0.15, 0.2) is 0 Å². The van der Waals surface area contributed by atoms with Gasteiger partial charge in [-0.05, 0) is 13.3 Å². The molecule has 0 aliphatic rings. The Labute approximate surface area is 111 Å². The molecule has 6 heteroatoms. The Balaban J connectivity index is 2.15. The lowest BCUT2D eigenvalue weighted by molar-refractivity contribution is 0.521. The number of nitrogens with two attached hydrogens (primary N) is 1. The topological polar surface area (TPSA) is 68.8 Å². The number of nitrogens with zero attached hydrogens (tertiary/aromatic N) is 3. The molecule has 0 fully saturated rings. The first-order valence-electron chi connectivity index (χ1n) is 6.12. The third-order valence-electron chi connectivity index (χ3n) is 2.95. The average molecular weight is 265 g/mol. The SMILES string of the molecule is CCCn1ccnc1CC(NN)c1scnc1C. The van der Waals surface area contributed by atoms with Crippen LogP contribution in [0.5, 0.6) is 0 Å². The van der Waals surface area contributed by atoms with Crippen LogP contribution in [0.2, 0.25) is 0 Å². The summed E-state index contributed by atoms with van der Waals surface area (Å²) in [5, 5.41) is 0. The van der Waals surface area contributed by atoms with Gasteiger partial charge in [-0.3, -0.25) is 11.3 Å². The predicted octanol–water partition coefficient (Wildman–Crippen LogP) is 1.81. The Bertz CT molecular complexity index is 490. The molecule has 2 rings (SSSR count). The van der Waals surface area contributed by atoms with E-state index < -0.39 is 0 Å². The van der Waals surface area contributed by atoms with Gasteiger partial charge in [-0.15, -0.1) is 11.3 Å². The molecule has 0 radical (unpaired) electrons. The monoisotopic (exact) mass is 265 g/mol. The van der Waals surface area contributed by atoms with Gasteiger partial charge in [0.1, 0.15) is 5.82 Å². The van der Waals surface area contributed by atoms with E-state index in [1.54, 1.807) is 11.3 Å². The zero-order valence-corrected chi connectivity index (χ0v) is 11.6. The summed E-state index contributed by atoms with van der Waals surface area (Å²) in [4.78, 5) is 9.87. The summed E-state index contributed by atoms with van der Waals surface area (Å²) in [7, 11) is 0. The van der Waals surface area contributed by atoms with Crippen molar-refractivity contribution in [3.05, 3.63) is 34.3 Å². The molecule has 0 amide bonds. The largest absolute Gasteiger partial charge is 0.335 e. The summed E-state index contributed by atoms with van der Waals surface area (Å²) in [5.74, 6) is 6.73. The third-order valence-corrected chi connectivity index (χ3v) is 4.00. The van der Waals surface area contributed by atoms with Crippen molar-refractivity contribution in [2.45, 2.75) is 39.3 Å². The number of aryl methyl sites for hydroxylation is 2. The molecular weight excluding hydrogens is 246 g/mol. The fourth-order valence-electron chi connectivity index (χ4n) is 2.03. The Hall–Kier alpha value is -1.24. The maximum absolute atomic E-state index is 5.67. The lowest BCUT2D eigenvalue weighted by Crippen LogP contribution is -2.30. The molecule has 0 saturated heterocycles. The van der Waals surface area contributed by atoms with E-state index >= 15 is 0 Å². The third kappa shape index (κ3) is 2.77. The fourth-order valence-corrected chi connectivity index (χ4v) is 2.89. The lowest BCUT2D eigenvalue weighted by Gasteiger charge is -2.15. The zero-order valence-electron chi connectivity index (χ0n) is 10.8. The van der Waals surface area contributed by atoms with Gasteiger partial charge in [0.05, 0.1) is 17.2 Å². The van der Waals surface area contributed by atoms with Crippen LogP contribution in [0.3, 0.4) is 0 Å². The van der Waals surface area contributed by atoms with Crippen LogP contribution in [0.25, 0.3) is 0 Å². The molecule has 0 aromatic carbocycles. The van der Waals surface area contributed by atoms with Crippen LogP contribution in [0.4, 0.5) is 0 Å². The summed E-state index contributed by atoms with van der Waals surface area (Å²) in [6.07, 6.45) is 5.75. The van der Waals surface area contributed by atoms with E-state index in [1.807, 2.05) is 24.8 Å². The van der Waals surface area contributed by atoms with Gasteiger partial charge in [-0.2, -0.15) is 0 Å². The van der Waals surface area contributed by atoms with E-state index in [-0.39, 0.29) is 6.04 Å². The molecule has 2 heterocycles. The minimum atomic E-state index is 0.0792. The first kappa shape index (κ1) is 13.2. The fraction of sp³-hybridized carbons (Fsp3) is 0.500. The van der Waals surface area contributed by atoms with Crippen LogP contribution in [-0.4, -0.2) is 14.5 Å². The van der Waals surface area contributed by atoms with Gasteiger partial charge >= 0.3 is 0 Å². The van der Waals surface area contributed by atoms with Crippen LogP contribution in [0.15, 0.2) is 17.9 Å². The van der Waals surface area contributed by atoms with E-state index in [2.05, 4.69) is 26.9 Å². The van der Waals surface area contributed by atoms with Gasteiger partial charge in [0.25, 0.3) is 0 Å². The second-order valence-corrected chi connectivity index (χ2v) is 5.15. The number of aromatic nitrogens is 3. The van der Waals surface area contributed by atoms with E-state index in [9.17, 15) is 0 Å². The highest BCUT2D eigenvalue weighted by Crippen LogP contribution is 2.24. The summed E-state index contributed by atoms with van der Waals surface area (Å²) in [5.41, 5.74) is 5.76. The highest BCUT2D eigenvalue weighted by molar-refractivity contribution is 7.09.